The van der Waals surface area contributed by atoms with Crippen LogP contribution in [0.3, 0.4) is 0 Å². The molecule has 112 valence electrons. The van der Waals surface area contributed by atoms with E-state index in [1.807, 2.05) is 45.2 Å². The van der Waals surface area contributed by atoms with E-state index in [4.69, 9.17) is 16.3 Å². The molecule has 0 amide bonds. The van der Waals surface area contributed by atoms with Gasteiger partial charge in [-0.1, -0.05) is 18.5 Å². The quantitative estimate of drug-likeness (QED) is 0.860. The summed E-state index contributed by atoms with van der Waals surface area (Å²) in [5.41, 5.74) is 3.05. The Balaban J connectivity index is 2.17. The molecule has 0 aliphatic heterocycles. The second-order valence-electron chi connectivity index (χ2n) is 5.14. The second-order valence-corrected chi connectivity index (χ2v) is 5.52. The minimum absolute atomic E-state index is 0.277. The first-order chi connectivity index (χ1) is 10.0. The van der Waals surface area contributed by atoms with Crippen LogP contribution in [0.15, 0.2) is 30.5 Å². The Labute approximate surface area is 131 Å². The molecule has 1 unspecified atom stereocenters. The van der Waals surface area contributed by atoms with Crippen LogP contribution >= 0.6 is 11.6 Å². The number of nitrogens with zero attached hydrogens (tertiary/aromatic N) is 1. The highest BCUT2D eigenvalue weighted by Gasteiger charge is 2.09. The molecule has 0 saturated carbocycles. The summed E-state index contributed by atoms with van der Waals surface area (Å²) in [5, 5.41) is 4.03. The molecule has 0 radical (unpaired) electrons. The van der Waals surface area contributed by atoms with Crippen molar-refractivity contribution < 1.29 is 4.74 Å². The van der Waals surface area contributed by atoms with E-state index >= 15 is 0 Å². The highest BCUT2D eigenvalue weighted by molar-refractivity contribution is 6.32. The number of benzene rings is 1. The molecule has 0 saturated heterocycles. The summed E-state index contributed by atoms with van der Waals surface area (Å²) < 4.78 is 5.86. The van der Waals surface area contributed by atoms with Gasteiger partial charge >= 0.3 is 0 Å². The summed E-state index contributed by atoms with van der Waals surface area (Å²) in [5.74, 6) is 1.51. The smallest absolute Gasteiger partial charge is 0.145 e. The van der Waals surface area contributed by atoms with Gasteiger partial charge in [-0.05, 0) is 62.7 Å². The molecule has 1 atom stereocenters. The van der Waals surface area contributed by atoms with Gasteiger partial charge in [-0.3, -0.25) is 4.98 Å². The lowest BCUT2D eigenvalue weighted by Crippen LogP contribution is -2.16. The molecule has 0 bridgehead atoms. The van der Waals surface area contributed by atoms with Crippen LogP contribution in [0.25, 0.3) is 0 Å². The lowest BCUT2D eigenvalue weighted by atomic mass is 10.1. The maximum absolute atomic E-state index is 6.17. The third-order valence-electron chi connectivity index (χ3n) is 3.52. The van der Waals surface area contributed by atoms with Gasteiger partial charge in [-0.2, -0.15) is 0 Å². The first kappa shape index (κ1) is 15.8. The van der Waals surface area contributed by atoms with Gasteiger partial charge in [0.05, 0.1) is 11.9 Å². The van der Waals surface area contributed by atoms with E-state index in [-0.39, 0.29) is 6.04 Å². The summed E-state index contributed by atoms with van der Waals surface area (Å²) >= 11 is 6.17. The van der Waals surface area contributed by atoms with E-state index in [2.05, 4.69) is 17.2 Å². The van der Waals surface area contributed by atoms with Crippen molar-refractivity contribution in [1.82, 2.24) is 10.3 Å². The van der Waals surface area contributed by atoms with Gasteiger partial charge in [0.25, 0.3) is 0 Å². The van der Waals surface area contributed by atoms with Gasteiger partial charge in [0.1, 0.15) is 11.5 Å². The summed E-state index contributed by atoms with van der Waals surface area (Å²) in [6, 6.07) is 8.09. The number of ether oxygens (including phenoxy) is 1. The van der Waals surface area contributed by atoms with Gasteiger partial charge in [0.2, 0.25) is 0 Å². The van der Waals surface area contributed by atoms with E-state index in [9.17, 15) is 0 Å². The van der Waals surface area contributed by atoms with Gasteiger partial charge in [0, 0.05) is 11.1 Å². The van der Waals surface area contributed by atoms with E-state index in [0.717, 1.165) is 39.8 Å². The fourth-order valence-corrected chi connectivity index (χ4v) is 2.43. The number of hydrogen-bond donors (Lipinski definition) is 1. The van der Waals surface area contributed by atoms with E-state index in [0.29, 0.717) is 0 Å². The average Bonchev–Trinajstić information content (AvgIpc) is 2.47. The Morgan fingerprint density at radius 1 is 1.19 bits per heavy atom. The lowest BCUT2D eigenvalue weighted by Gasteiger charge is -2.14. The molecule has 21 heavy (non-hydrogen) atoms. The third kappa shape index (κ3) is 3.74. The zero-order valence-corrected chi connectivity index (χ0v) is 13.7. The molecule has 1 aromatic carbocycles. The van der Waals surface area contributed by atoms with Crippen molar-refractivity contribution in [2.24, 2.45) is 0 Å². The molecular weight excluding hydrogens is 284 g/mol. The summed E-state index contributed by atoms with van der Waals surface area (Å²) in [6.07, 6.45) is 2.76. The molecule has 2 rings (SSSR count). The van der Waals surface area contributed by atoms with Crippen molar-refractivity contribution in [3.63, 3.8) is 0 Å². The lowest BCUT2D eigenvalue weighted by molar-refractivity contribution is 0.476. The van der Waals surface area contributed by atoms with E-state index < -0.39 is 0 Å². The van der Waals surface area contributed by atoms with Crippen LogP contribution in [0, 0.1) is 13.8 Å². The molecule has 0 fully saturated rings. The van der Waals surface area contributed by atoms with Crippen LogP contribution in [0.1, 0.15) is 36.2 Å². The number of aromatic nitrogens is 1. The fraction of sp³-hybridized carbons (Fsp3) is 0.353. The maximum Gasteiger partial charge on any atom is 0.145 e. The normalized spacial score (nSPS) is 12.2. The molecule has 3 nitrogen and oxygen atoms in total. The molecule has 0 spiro atoms. The van der Waals surface area contributed by atoms with Crippen molar-refractivity contribution in [3.8, 4) is 11.5 Å². The summed E-state index contributed by atoms with van der Waals surface area (Å²) in [6.45, 7) is 6.08. The standard InChI is InChI=1S/C17H21ClN2O/c1-5-15(19-4)16-7-6-13(10-20-16)21-14-8-11(2)17(18)12(3)9-14/h6-10,15,19H,5H2,1-4H3. The molecule has 0 aliphatic rings. The van der Waals surface area contributed by atoms with Crippen LogP contribution < -0.4 is 10.1 Å². The van der Waals surface area contributed by atoms with Crippen molar-refractivity contribution in [3.05, 3.63) is 52.3 Å². The molecule has 2 aromatic rings. The second kappa shape index (κ2) is 6.92. The number of halogens is 1. The van der Waals surface area contributed by atoms with Crippen molar-refractivity contribution in [2.75, 3.05) is 7.05 Å². The first-order valence-corrected chi connectivity index (χ1v) is 7.50. The first-order valence-electron chi connectivity index (χ1n) is 7.13. The fourth-order valence-electron chi connectivity index (χ4n) is 2.32. The van der Waals surface area contributed by atoms with E-state index in [1.54, 1.807) is 6.20 Å². The zero-order chi connectivity index (χ0) is 15.4. The average molecular weight is 305 g/mol. The van der Waals surface area contributed by atoms with Crippen LogP contribution in [0.4, 0.5) is 0 Å². The van der Waals surface area contributed by atoms with E-state index in [1.165, 1.54) is 0 Å². The monoisotopic (exact) mass is 304 g/mol. The van der Waals surface area contributed by atoms with Crippen LogP contribution in [-0.2, 0) is 0 Å². The topological polar surface area (TPSA) is 34.1 Å². The Kier molecular flexibility index (Phi) is 5.21. The Morgan fingerprint density at radius 2 is 1.86 bits per heavy atom. The minimum atomic E-state index is 0.277. The van der Waals surface area contributed by atoms with Crippen molar-refractivity contribution >= 4 is 11.6 Å². The zero-order valence-electron chi connectivity index (χ0n) is 12.9. The SMILES string of the molecule is CCC(NC)c1ccc(Oc2cc(C)c(Cl)c(C)c2)cn1. The number of rotatable bonds is 5. The maximum atomic E-state index is 6.17. The molecule has 0 aliphatic carbocycles. The van der Waals surface area contributed by atoms with Gasteiger partial charge in [-0.15, -0.1) is 0 Å². The molecule has 1 N–H and O–H groups in total. The molecular formula is C17H21ClN2O. The largest absolute Gasteiger partial charge is 0.456 e. The van der Waals surface area contributed by atoms with Crippen molar-refractivity contribution in [2.45, 2.75) is 33.2 Å². The summed E-state index contributed by atoms with van der Waals surface area (Å²) in [7, 11) is 1.94. The highest BCUT2D eigenvalue weighted by atomic mass is 35.5. The number of pyridine rings is 1. The Hall–Kier alpha value is -1.58. The molecule has 4 heteroatoms. The predicted molar refractivity (Wildman–Crippen MR) is 87.3 cm³/mol. The van der Waals surface area contributed by atoms with Crippen LogP contribution in [0.2, 0.25) is 5.02 Å². The Morgan fingerprint density at radius 3 is 2.33 bits per heavy atom. The number of hydrogen-bond acceptors (Lipinski definition) is 3. The van der Waals surface area contributed by atoms with Crippen LogP contribution in [-0.4, -0.2) is 12.0 Å². The third-order valence-corrected chi connectivity index (χ3v) is 4.11. The molecule has 1 heterocycles. The van der Waals surface area contributed by atoms with Gasteiger partial charge in [-0.25, -0.2) is 0 Å². The van der Waals surface area contributed by atoms with Gasteiger partial charge in [0.15, 0.2) is 0 Å². The van der Waals surface area contributed by atoms with Crippen molar-refractivity contribution in [1.29, 1.82) is 0 Å². The van der Waals surface area contributed by atoms with Crippen LogP contribution in [0.5, 0.6) is 11.5 Å². The summed E-state index contributed by atoms with van der Waals surface area (Å²) in [4.78, 5) is 4.47. The number of nitrogens with one attached hydrogen (secondary N) is 1. The predicted octanol–water partition coefficient (Wildman–Crippen LogP) is 4.81. The van der Waals surface area contributed by atoms with Gasteiger partial charge < -0.3 is 10.1 Å². The highest BCUT2D eigenvalue weighted by Crippen LogP contribution is 2.29. The minimum Gasteiger partial charge on any atom is -0.456 e. The molecule has 1 aromatic heterocycles. The Bertz CT molecular complexity index is 584. The number of aryl methyl sites for hydroxylation is 2.